The van der Waals surface area contributed by atoms with Gasteiger partial charge >= 0.3 is 0 Å². The number of hydrogen-bond acceptors (Lipinski definition) is 3. The van der Waals surface area contributed by atoms with E-state index in [4.69, 9.17) is 5.73 Å². The van der Waals surface area contributed by atoms with Crippen molar-refractivity contribution in [1.29, 1.82) is 0 Å². The van der Waals surface area contributed by atoms with Crippen molar-refractivity contribution in [3.63, 3.8) is 0 Å². The van der Waals surface area contributed by atoms with Crippen LogP contribution in [-0.2, 0) is 6.54 Å². The van der Waals surface area contributed by atoms with Gasteiger partial charge in [0.25, 0.3) is 0 Å². The molecule has 0 fully saturated rings. The van der Waals surface area contributed by atoms with Gasteiger partial charge in [-0.15, -0.1) is 0 Å². The highest BCUT2D eigenvalue weighted by molar-refractivity contribution is 5.98. The predicted octanol–water partition coefficient (Wildman–Crippen LogP) is 2.39. The highest BCUT2D eigenvalue weighted by Crippen LogP contribution is 2.33. The van der Waals surface area contributed by atoms with E-state index in [9.17, 15) is 5.11 Å². The zero-order valence-electron chi connectivity index (χ0n) is 9.72. The molecule has 0 saturated heterocycles. The van der Waals surface area contributed by atoms with Gasteiger partial charge < -0.3 is 15.8 Å². The van der Waals surface area contributed by atoms with Crippen molar-refractivity contribution in [1.82, 2.24) is 9.97 Å². The molecule has 0 amide bonds. The number of rotatable bonds is 2. The van der Waals surface area contributed by atoms with E-state index in [2.05, 4.69) is 9.97 Å². The lowest BCUT2D eigenvalue weighted by molar-refractivity contribution is 0.482. The Morgan fingerprint density at radius 2 is 2.17 bits per heavy atom. The number of nitrogens with zero attached hydrogens (tertiary/aromatic N) is 1. The molecule has 0 spiro atoms. The first-order valence-corrected chi connectivity index (χ1v) is 5.74. The second-order valence-corrected chi connectivity index (χ2v) is 4.16. The Morgan fingerprint density at radius 3 is 3.00 bits per heavy atom. The molecule has 90 valence electrons. The summed E-state index contributed by atoms with van der Waals surface area (Å²) in [6, 6.07) is 9.23. The standard InChI is InChI=1S/C14H13N3O/c15-7-9-4-5-16-12(6-9)10-8-17-11-2-1-3-13(18)14(10)11/h1-6,8,17-18H,7,15H2. The molecule has 0 radical (unpaired) electrons. The Bertz CT molecular complexity index is 703. The number of nitrogens with one attached hydrogen (secondary N) is 1. The average molecular weight is 239 g/mol. The molecule has 0 atom stereocenters. The van der Waals surface area contributed by atoms with Gasteiger partial charge in [0, 0.05) is 30.0 Å². The molecule has 18 heavy (non-hydrogen) atoms. The molecule has 0 bridgehead atoms. The van der Waals surface area contributed by atoms with Gasteiger partial charge in [0.2, 0.25) is 0 Å². The zero-order valence-corrected chi connectivity index (χ0v) is 9.72. The lowest BCUT2D eigenvalue weighted by atomic mass is 10.1. The molecule has 1 aromatic carbocycles. The SMILES string of the molecule is NCc1ccnc(-c2c[nH]c3cccc(O)c23)c1. The van der Waals surface area contributed by atoms with Crippen LogP contribution in [0.25, 0.3) is 22.2 Å². The maximum Gasteiger partial charge on any atom is 0.125 e. The van der Waals surface area contributed by atoms with Crippen molar-refractivity contribution >= 4 is 10.9 Å². The van der Waals surface area contributed by atoms with Gasteiger partial charge in [-0.05, 0) is 29.8 Å². The number of hydrogen-bond donors (Lipinski definition) is 3. The normalized spacial score (nSPS) is 10.9. The largest absolute Gasteiger partial charge is 0.507 e. The van der Waals surface area contributed by atoms with Crippen molar-refractivity contribution in [3.8, 4) is 17.0 Å². The van der Waals surface area contributed by atoms with Gasteiger partial charge in [-0.3, -0.25) is 4.98 Å². The van der Waals surface area contributed by atoms with E-state index in [1.165, 1.54) is 0 Å². The summed E-state index contributed by atoms with van der Waals surface area (Å²) in [6.07, 6.45) is 3.59. The molecule has 4 nitrogen and oxygen atoms in total. The highest BCUT2D eigenvalue weighted by atomic mass is 16.3. The third-order valence-electron chi connectivity index (χ3n) is 3.02. The van der Waals surface area contributed by atoms with Crippen LogP contribution < -0.4 is 5.73 Å². The number of aromatic hydroxyl groups is 1. The molecule has 3 aromatic rings. The number of benzene rings is 1. The molecule has 0 aliphatic heterocycles. The lowest BCUT2D eigenvalue weighted by Crippen LogP contribution is -1.96. The van der Waals surface area contributed by atoms with Crippen molar-refractivity contribution in [2.75, 3.05) is 0 Å². The number of H-pyrrole nitrogens is 1. The fraction of sp³-hybridized carbons (Fsp3) is 0.0714. The third-order valence-corrected chi connectivity index (χ3v) is 3.02. The maximum absolute atomic E-state index is 9.96. The second-order valence-electron chi connectivity index (χ2n) is 4.16. The van der Waals surface area contributed by atoms with Crippen molar-refractivity contribution in [2.45, 2.75) is 6.54 Å². The maximum atomic E-state index is 9.96. The molecular formula is C14H13N3O. The molecule has 3 rings (SSSR count). The Hall–Kier alpha value is -2.33. The minimum absolute atomic E-state index is 0.253. The van der Waals surface area contributed by atoms with E-state index >= 15 is 0 Å². The van der Waals surface area contributed by atoms with E-state index in [1.54, 1.807) is 12.3 Å². The van der Waals surface area contributed by atoms with Gasteiger partial charge in [0.1, 0.15) is 5.75 Å². The van der Waals surface area contributed by atoms with Crippen LogP contribution in [0.5, 0.6) is 5.75 Å². The number of nitrogens with two attached hydrogens (primary N) is 1. The predicted molar refractivity (Wildman–Crippen MR) is 71.1 cm³/mol. The van der Waals surface area contributed by atoms with Crippen LogP contribution in [0.1, 0.15) is 5.56 Å². The van der Waals surface area contributed by atoms with Gasteiger partial charge in [0.05, 0.1) is 11.1 Å². The minimum atomic E-state index is 0.253. The molecule has 2 heterocycles. The molecule has 0 unspecified atom stereocenters. The van der Waals surface area contributed by atoms with Crippen LogP contribution in [0.2, 0.25) is 0 Å². The Balaban J connectivity index is 2.25. The fourth-order valence-corrected chi connectivity index (χ4v) is 2.12. The van der Waals surface area contributed by atoms with Crippen LogP contribution in [0, 0.1) is 0 Å². The van der Waals surface area contributed by atoms with Gasteiger partial charge in [-0.1, -0.05) is 6.07 Å². The first kappa shape index (κ1) is 10.8. The quantitative estimate of drug-likeness (QED) is 0.642. The minimum Gasteiger partial charge on any atom is -0.507 e. The van der Waals surface area contributed by atoms with Crippen LogP contribution in [0.4, 0.5) is 0 Å². The molecule has 0 saturated carbocycles. The van der Waals surface area contributed by atoms with Crippen molar-refractivity contribution in [2.24, 2.45) is 5.73 Å². The van der Waals surface area contributed by atoms with Crippen molar-refractivity contribution < 1.29 is 5.11 Å². The number of fused-ring (bicyclic) bond motifs is 1. The number of aromatic amines is 1. The average Bonchev–Trinajstić information content (AvgIpc) is 2.84. The third kappa shape index (κ3) is 1.63. The molecule has 4 N–H and O–H groups in total. The number of pyridine rings is 1. The summed E-state index contributed by atoms with van der Waals surface area (Å²) in [5.74, 6) is 0.253. The monoisotopic (exact) mass is 239 g/mol. The smallest absolute Gasteiger partial charge is 0.125 e. The van der Waals surface area contributed by atoms with E-state index in [1.807, 2.05) is 30.5 Å². The summed E-state index contributed by atoms with van der Waals surface area (Å²) >= 11 is 0. The Kier molecular flexibility index (Phi) is 2.50. The first-order valence-electron chi connectivity index (χ1n) is 5.74. The number of aromatic nitrogens is 2. The Labute approximate surface area is 104 Å². The van der Waals surface area contributed by atoms with E-state index in [-0.39, 0.29) is 5.75 Å². The van der Waals surface area contributed by atoms with Gasteiger partial charge in [0.15, 0.2) is 0 Å². The number of phenolic OH excluding ortho intramolecular Hbond substituents is 1. The second kappa shape index (κ2) is 4.16. The van der Waals surface area contributed by atoms with Gasteiger partial charge in [-0.2, -0.15) is 0 Å². The first-order chi connectivity index (χ1) is 8.79. The summed E-state index contributed by atoms with van der Waals surface area (Å²) in [5, 5.41) is 10.7. The molecule has 2 aromatic heterocycles. The molecular weight excluding hydrogens is 226 g/mol. The van der Waals surface area contributed by atoms with Crippen LogP contribution in [0.15, 0.2) is 42.7 Å². The van der Waals surface area contributed by atoms with E-state index in [0.29, 0.717) is 6.54 Å². The summed E-state index contributed by atoms with van der Waals surface area (Å²) in [5.41, 5.74) is 9.24. The summed E-state index contributed by atoms with van der Waals surface area (Å²) in [6.45, 7) is 0.476. The van der Waals surface area contributed by atoms with Crippen LogP contribution in [-0.4, -0.2) is 15.1 Å². The summed E-state index contributed by atoms with van der Waals surface area (Å²) in [4.78, 5) is 7.47. The number of phenols is 1. The fourth-order valence-electron chi connectivity index (χ4n) is 2.12. The lowest BCUT2D eigenvalue weighted by Gasteiger charge is -2.02. The van der Waals surface area contributed by atoms with Crippen molar-refractivity contribution in [3.05, 3.63) is 48.3 Å². The van der Waals surface area contributed by atoms with E-state index in [0.717, 1.165) is 27.7 Å². The van der Waals surface area contributed by atoms with Crippen LogP contribution in [0.3, 0.4) is 0 Å². The van der Waals surface area contributed by atoms with Crippen LogP contribution >= 0.6 is 0 Å². The zero-order chi connectivity index (χ0) is 12.5. The molecule has 0 aliphatic carbocycles. The Morgan fingerprint density at radius 1 is 1.28 bits per heavy atom. The molecule has 0 aliphatic rings. The summed E-state index contributed by atoms with van der Waals surface area (Å²) < 4.78 is 0. The topological polar surface area (TPSA) is 74.9 Å². The molecule has 4 heteroatoms. The highest BCUT2D eigenvalue weighted by Gasteiger charge is 2.10. The summed E-state index contributed by atoms with van der Waals surface area (Å²) in [7, 11) is 0. The van der Waals surface area contributed by atoms with E-state index < -0.39 is 0 Å². The van der Waals surface area contributed by atoms with Gasteiger partial charge in [-0.25, -0.2) is 0 Å².